The van der Waals surface area contributed by atoms with E-state index in [0.29, 0.717) is 5.56 Å². The van der Waals surface area contributed by atoms with Gasteiger partial charge in [0, 0.05) is 0 Å². The smallest absolute Gasteiger partial charge is 0.335 e. The van der Waals surface area contributed by atoms with Gasteiger partial charge < -0.3 is 5.11 Å². The highest BCUT2D eigenvalue weighted by Gasteiger charge is 2.29. The van der Waals surface area contributed by atoms with Crippen molar-refractivity contribution in [2.45, 2.75) is 71.1 Å². The van der Waals surface area contributed by atoms with Crippen molar-refractivity contribution in [1.29, 1.82) is 0 Å². The molecule has 2 saturated carbocycles. The third-order valence-corrected chi connectivity index (χ3v) is 6.66. The Morgan fingerprint density at radius 2 is 1.46 bits per heavy atom. The van der Waals surface area contributed by atoms with Crippen molar-refractivity contribution in [3.8, 4) is 0 Å². The summed E-state index contributed by atoms with van der Waals surface area (Å²) in [6.45, 7) is 2.41. The molecular weight excluding hydrogens is 296 g/mol. The maximum absolute atomic E-state index is 10.9. The third kappa shape index (κ3) is 4.62. The minimum absolute atomic E-state index is 0.390. The molecule has 2 aliphatic rings. The molecule has 1 aromatic rings. The summed E-state index contributed by atoms with van der Waals surface area (Å²) in [4.78, 5) is 10.9. The summed E-state index contributed by atoms with van der Waals surface area (Å²) in [5.41, 5.74) is 1.67. The van der Waals surface area contributed by atoms with Crippen LogP contribution < -0.4 is 0 Å². The van der Waals surface area contributed by atoms with Crippen molar-refractivity contribution in [2.24, 2.45) is 23.7 Å². The van der Waals surface area contributed by atoms with E-state index >= 15 is 0 Å². The molecule has 132 valence electrons. The Kier molecular flexibility index (Phi) is 5.97. The van der Waals surface area contributed by atoms with Crippen molar-refractivity contribution in [1.82, 2.24) is 0 Å². The largest absolute Gasteiger partial charge is 0.478 e. The first-order valence-electron chi connectivity index (χ1n) is 9.94. The normalized spacial score (nSPS) is 30.9. The maximum Gasteiger partial charge on any atom is 0.335 e. The van der Waals surface area contributed by atoms with E-state index in [4.69, 9.17) is 5.11 Å². The molecule has 1 N–H and O–H groups in total. The van der Waals surface area contributed by atoms with Gasteiger partial charge in [0.25, 0.3) is 0 Å². The average molecular weight is 328 g/mol. The second kappa shape index (κ2) is 8.18. The van der Waals surface area contributed by atoms with Crippen LogP contribution in [0.25, 0.3) is 0 Å². The lowest BCUT2D eigenvalue weighted by atomic mass is 9.69. The highest BCUT2D eigenvalue weighted by atomic mass is 16.4. The zero-order valence-electron chi connectivity index (χ0n) is 15.0. The van der Waals surface area contributed by atoms with Crippen LogP contribution in [0.15, 0.2) is 24.3 Å². The van der Waals surface area contributed by atoms with Crippen LogP contribution in [0.4, 0.5) is 0 Å². The standard InChI is InChI=1S/C22H32O2/c1-16-2-10-19(11-3-16)20-12-6-17(7-13-20)4-5-18-8-14-21(15-9-18)22(23)24/h8-9,14-17,19-20H,2-7,10-13H2,1H3,(H,23,24). The van der Waals surface area contributed by atoms with Gasteiger partial charge >= 0.3 is 5.97 Å². The van der Waals surface area contributed by atoms with Gasteiger partial charge in [-0.3, -0.25) is 0 Å². The molecule has 0 amide bonds. The molecule has 0 atom stereocenters. The van der Waals surface area contributed by atoms with Gasteiger partial charge in [-0.1, -0.05) is 44.7 Å². The molecule has 0 radical (unpaired) electrons. The zero-order valence-corrected chi connectivity index (χ0v) is 15.0. The number of carbonyl (C=O) groups is 1. The van der Waals surface area contributed by atoms with Gasteiger partial charge in [0.05, 0.1) is 5.56 Å². The monoisotopic (exact) mass is 328 g/mol. The molecule has 0 heterocycles. The highest BCUT2D eigenvalue weighted by molar-refractivity contribution is 5.87. The summed E-state index contributed by atoms with van der Waals surface area (Å²) in [6, 6.07) is 7.44. The van der Waals surface area contributed by atoms with Crippen LogP contribution in [-0.4, -0.2) is 11.1 Å². The number of rotatable bonds is 5. The van der Waals surface area contributed by atoms with Crippen LogP contribution in [-0.2, 0) is 6.42 Å². The second-order valence-electron chi connectivity index (χ2n) is 8.34. The Morgan fingerprint density at radius 3 is 2.00 bits per heavy atom. The van der Waals surface area contributed by atoms with Gasteiger partial charge in [-0.2, -0.15) is 0 Å². The second-order valence-corrected chi connectivity index (χ2v) is 8.34. The molecule has 0 aromatic heterocycles. The number of aromatic carboxylic acids is 1. The Balaban J connectivity index is 1.40. The quantitative estimate of drug-likeness (QED) is 0.725. The van der Waals surface area contributed by atoms with E-state index in [2.05, 4.69) is 6.92 Å². The lowest BCUT2D eigenvalue weighted by Crippen LogP contribution is -2.25. The molecule has 1 aromatic carbocycles. The number of benzene rings is 1. The van der Waals surface area contributed by atoms with Gasteiger partial charge in [-0.25, -0.2) is 4.79 Å². The molecular formula is C22H32O2. The Hall–Kier alpha value is -1.31. The van der Waals surface area contributed by atoms with E-state index in [9.17, 15) is 4.79 Å². The molecule has 0 saturated heterocycles. The molecule has 3 rings (SSSR count). The SMILES string of the molecule is CC1CCC(C2CCC(CCc3ccc(C(=O)O)cc3)CC2)CC1. The van der Waals surface area contributed by atoms with Crippen LogP contribution in [0.3, 0.4) is 0 Å². The van der Waals surface area contributed by atoms with Gasteiger partial charge in [0.1, 0.15) is 0 Å². The lowest BCUT2D eigenvalue weighted by Gasteiger charge is -2.37. The van der Waals surface area contributed by atoms with Gasteiger partial charge in [0.15, 0.2) is 0 Å². The van der Waals surface area contributed by atoms with Crippen molar-refractivity contribution < 1.29 is 9.90 Å². The summed E-state index contributed by atoms with van der Waals surface area (Å²) in [7, 11) is 0. The molecule has 2 nitrogen and oxygen atoms in total. The van der Waals surface area contributed by atoms with E-state index in [1.807, 2.05) is 12.1 Å². The predicted octanol–water partition coefficient (Wildman–Crippen LogP) is 5.95. The fourth-order valence-corrected chi connectivity index (χ4v) is 4.89. The summed E-state index contributed by atoms with van der Waals surface area (Å²) in [5.74, 6) is 3.03. The van der Waals surface area contributed by atoms with Crippen LogP contribution in [0, 0.1) is 23.7 Å². The third-order valence-electron chi connectivity index (χ3n) is 6.66. The summed E-state index contributed by atoms with van der Waals surface area (Å²) < 4.78 is 0. The summed E-state index contributed by atoms with van der Waals surface area (Å²) >= 11 is 0. The first-order valence-corrected chi connectivity index (χ1v) is 9.94. The van der Waals surface area contributed by atoms with E-state index in [1.165, 1.54) is 63.4 Å². The van der Waals surface area contributed by atoms with Crippen molar-refractivity contribution >= 4 is 5.97 Å². The highest BCUT2D eigenvalue weighted by Crippen LogP contribution is 2.42. The van der Waals surface area contributed by atoms with E-state index < -0.39 is 5.97 Å². The first kappa shape index (κ1) is 17.5. The fourth-order valence-electron chi connectivity index (χ4n) is 4.89. The summed E-state index contributed by atoms with van der Waals surface area (Å²) in [5, 5.41) is 8.96. The molecule has 2 aliphatic carbocycles. The molecule has 0 unspecified atom stereocenters. The fraction of sp³-hybridized carbons (Fsp3) is 0.682. The number of carboxylic acid groups (broad SMARTS) is 1. The molecule has 2 fully saturated rings. The van der Waals surface area contributed by atoms with Gasteiger partial charge in [-0.15, -0.1) is 0 Å². The predicted molar refractivity (Wildman–Crippen MR) is 98.3 cm³/mol. The van der Waals surface area contributed by atoms with Crippen molar-refractivity contribution in [2.75, 3.05) is 0 Å². The minimum Gasteiger partial charge on any atom is -0.478 e. The Labute approximate surface area is 146 Å². The van der Waals surface area contributed by atoms with Crippen molar-refractivity contribution in [3.63, 3.8) is 0 Å². The summed E-state index contributed by atoms with van der Waals surface area (Å²) in [6.07, 6.45) is 13.9. The number of hydrogen-bond acceptors (Lipinski definition) is 1. The molecule has 0 aliphatic heterocycles. The van der Waals surface area contributed by atoms with E-state index in [-0.39, 0.29) is 0 Å². The molecule has 0 bridgehead atoms. The Morgan fingerprint density at radius 1 is 0.917 bits per heavy atom. The maximum atomic E-state index is 10.9. The van der Waals surface area contributed by atoms with E-state index in [0.717, 1.165) is 30.1 Å². The van der Waals surface area contributed by atoms with Gasteiger partial charge in [-0.05, 0) is 79.9 Å². The van der Waals surface area contributed by atoms with Crippen LogP contribution in [0.5, 0.6) is 0 Å². The van der Waals surface area contributed by atoms with Crippen LogP contribution in [0.1, 0.15) is 80.6 Å². The van der Waals surface area contributed by atoms with Crippen LogP contribution >= 0.6 is 0 Å². The Bertz CT molecular complexity index is 517. The minimum atomic E-state index is -0.836. The lowest BCUT2D eigenvalue weighted by molar-refractivity contribution is 0.0697. The number of carboxylic acids is 1. The number of hydrogen-bond donors (Lipinski definition) is 1. The van der Waals surface area contributed by atoms with Crippen molar-refractivity contribution in [3.05, 3.63) is 35.4 Å². The first-order chi connectivity index (χ1) is 11.6. The molecule has 2 heteroatoms. The van der Waals surface area contributed by atoms with Crippen LogP contribution in [0.2, 0.25) is 0 Å². The van der Waals surface area contributed by atoms with E-state index in [1.54, 1.807) is 12.1 Å². The molecule has 0 spiro atoms. The van der Waals surface area contributed by atoms with Gasteiger partial charge in [0.2, 0.25) is 0 Å². The topological polar surface area (TPSA) is 37.3 Å². The zero-order chi connectivity index (χ0) is 16.9. The number of aryl methyl sites for hydroxylation is 1. The average Bonchev–Trinajstić information content (AvgIpc) is 2.61. The molecule has 24 heavy (non-hydrogen) atoms.